The van der Waals surface area contributed by atoms with Gasteiger partial charge in [0.2, 0.25) is 11.8 Å². The third-order valence-electron chi connectivity index (χ3n) is 2.10. The fraction of sp³-hybridized carbons (Fsp3) is 0.778. The number of likely N-dealkylation sites (tertiary alicyclic amines) is 1. The minimum atomic E-state index is -0.638. The molecule has 4 heteroatoms. The van der Waals surface area contributed by atoms with Crippen LogP contribution in [0.1, 0.15) is 26.7 Å². The van der Waals surface area contributed by atoms with E-state index in [4.69, 9.17) is 5.11 Å². The average Bonchev–Trinajstić information content (AvgIpc) is 1.96. The average molecular weight is 185 g/mol. The summed E-state index contributed by atoms with van der Waals surface area (Å²) in [6.45, 7) is 3.58. The largest absolute Gasteiger partial charge is 0.392 e. The molecule has 0 saturated carbocycles. The van der Waals surface area contributed by atoms with E-state index in [0.29, 0.717) is 12.8 Å². The van der Waals surface area contributed by atoms with Gasteiger partial charge in [0.05, 0.1) is 12.6 Å². The van der Waals surface area contributed by atoms with Crippen LogP contribution in [0.3, 0.4) is 0 Å². The van der Waals surface area contributed by atoms with Crippen molar-refractivity contribution in [2.45, 2.75) is 32.8 Å². The molecule has 13 heavy (non-hydrogen) atoms. The second-order valence-corrected chi connectivity index (χ2v) is 3.76. The summed E-state index contributed by atoms with van der Waals surface area (Å²) in [5, 5.41) is 9.06. The molecule has 0 aromatic rings. The van der Waals surface area contributed by atoms with Gasteiger partial charge < -0.3 is 5.11 Å². The Morgan fingerprint density at radius 3 is 2.31 bits per heavy atom. The number of imide groups is 1. The van der Waals surface area contributed by atoms with Crippen LogP contribution in [0, 0.1) is 5.92 Å². The van der Waals surface area contributed by atoms with Crippen LogP contribution in [0.4, 0.5) is 0 Å². The summed E-state index contributed by atoms with van der Waals surface area (Å²) < 4.78 is 0. The summed E-state index contributed by atoms with van der Waals surface area (Å²) in [5.74, 6) is -0.181. The van der Waals surface area contributed by atoms with Crippen LogP contribution < -0.4 is 0 Å². The van der Waals surface area contributed by atoms with Gasteiger partial charge in [0.15, 0.2) is 0 Å². The first kappa shape index (κ1) is 10.2. The SMILES string of the molecule is CC(O)CN1C(=O)CC(C)CC1=O. The van der Waals surface area contributed by atoms with Crippen molar-refractivity contribution in [2.75, 3.05) is 6.54 Å². The van der Waals surface area contributed by atoms with Crippen LogP contribution in [0.25, 0.3) is 0 Å². The molecule has 1 atom stereocenters. The summed E-state index contributed by atoms with van der Waals surface area (Å²) in [6, 6.07) is 0. The number of hydrogen-bond donors (Lipinski definition) is 1. The molecule has 2 amide bonds. The zero-order valence-corrected chi connectivity index (χ0v) is 7.99. The van der Waals surface area contributed by atoms with Crippen molar-refractivity contribution in [3.63, 3.8) is 0 Å². The van der Waals surface area contributed by atoms with Crippen LogP contribution in [-0.2, 0) is 9.59 Å². The van der Waals surface area contributed by atoms with Crippen LogP contribution in [0.5, 0.6) is 0 Å². The molecule has 74 valence electrons. The van der Waals surface area contributed by atoms with Crippen LogP contribution in [0.2, 0.25) is 0 Å². The summed E-state index contributed by atoms with van der Waals surface area (Å²) in [7, 11) is 0. The second kappa shape index (κ2) is 3.87. The first-order chi connectivity index (χ1) is 6.00. The number of rotatable bonds is 2. The highest BCUT2D eigenvalue weighted by molar-refractivity contribution is 5.97. The van der Waals surface area contributed by atoms with E-state index in [-0.39, 0.29) is 24.3 Å². The summed E-state index contributed by atoms with van der Waals surface area (Å²) >= 11 is 0. The van der Waals surface area contributed by atoms with Gasteiger partial charge in [-0.15, -0.1) is 0 Å². The zero-order valence-electron chi connectivity index (χ0n) is 7.99. The molecule has 0 aromatic heterocycles. The Bertz CT molecular complexity index is 207. The second-order valence-electron chi connectivity index (χ2n) is 3.76. The van der Waals surface area contributed by atoms with Crippen molar-refractivity contribution in [3.8, 4) is 0 Å². The lowest BCUT2D eigenvalue weighted by molar-refractivity contribution is -0.151. The monoisotopic (exact) mass is 185 g/mol. The standard InChI is InChI=1S/C9H15NO3/c1-6-3-8(12)10(5-7(2)11)9(13)4-6/h6-7,11H,3-5H2,1-2H3. The van der Waals surface area contributed by atoms with E-state index in [1.807, 2.05) is 6.92 Å². The lowest BCUT2D eigenvalue weighted by Gasteiger charge is -2.28. The molecule has 0 radical (unpaired) electrons. The van der Waals surface area contributed by atoms with E-state index in [1.165, 1.54) is 0 Å². The van der Waals surface area contributed by atoms with Gasteiger partial charge in [0, 0.05) is 12.8 Å². The van der Waals surface area contributed by atoms with E-state index >= 15 is 0 Å². The number of nitrogens with zero attached hydrogens (tertiary/aromatic N) is 1. The Balaban J connectivity index is 2.62. The van der Waals surface area contributed by atoms with Gasteiger partial charge in [-0.2, -0.15) is 0 Å². The Morgan fingerprint density at radius 2 is 1.92 bits per heavy atom. The Hall–Kier alpha value is -0.900. The minimum Gasteiger partial charge on any atom is -0.392 e. The zero-order chi connectivity index (χ0) is 10.0. The summed E-state index contributed by atoms with van der Waals surface area (Å²) in [6.07, 6.45) is 0.193. The molecular formula is C9H15NO3. The quantitative estimate of drug-likeness (QED) is 0.623. The van der Waals surface area contributed by atoms with Gasteiger partial charge >= 0.3 is 0 Å². The van der Waals surface area contributed by atoms with Crippen LogP contribution in [0.15, 0.2) is 0 Å². The number of carbonyl (C=O) groups is 2. The maximum absolute atomic E-state index is 11.3. The lowest BCUT2D eigenvalue weighted by atomic mass is 9.97. The molecule has 1 rings (SSSR count). The van der Waals surface area contributed by atoms with Gasteiger partial charge in [-0.25, -0.2) is 0 Å². The molecule has 1 aliphatic heterocycles. The Morgan fingerprint density at radius 1 is 1.46 bits per heavy atom. The van der Waals surface area contributed by atoms with Crippen molar-refractivity contribution in [1.29, 1.82) is 0 Å². The number of amides is 2. The third-order valence-corrected chi connectivity index (χ3v) is 2.10. The highest BCUT2D eigenvalue weighted by Crippen LogP contribution is 2.18. The van der Waals surface area contributed by atoms with Gasteiger partial charge in [-0.05, 0) is 12.8 Å². The van der Waals surface area contributed by atoms with E-state index in [2.05, 4.69) is 0 Å². The predicted molar refractivity (Wildman–Crippen MR) is 46.8 cm³/mol. The lowest BCUT2D eigenvalue weighted by Crippen LogP contribution is -2.45. The van der Waals surface area contributed by atoms with Gasteiger partial charge in [-0.1, -0.05) is 6.92 Å². The van der Waals surface area contributed by atoms with Crippen molar-refractivity contribution >= 4 is 11.8 Å². The van der Waals surface area contributed by atoms with Crippen molar-refractivity contribution in [1.82, 2.24) is 4.90 Å². The fourth-order valence-electron chi connectivity index (χ4n) is 1.50. The molecule has 1 fully saturated rings. The number of carbonyl (C=O) groups excluding carboxylic acids is 2. The molecule has 1 saturated heterocycles. The van der Waals surface area contributed by atoms with E-state index < -0.39 is 6.10 Å². The predicted octanol–water partition coefficient (Wildman–Crippen LogP) is 0.152. The fourth-order valence-corrected chi connectivity index (χ4v) is 1.50. The topological polar surface area (TPSA) is 57.6 Å². The maximum atomic E-state index is 11.3. The molecule has 1 heterocycles. The highest BCUT2D eigenvalue weighted by Gasteiger charge is 2.30. The minimum absolute atomic E-state index is 0.129. The molecule has 0 spiro atoms. The summed E-state index contributed by atoms with van der Waals surface area (Å²) in [4.78, 5) is 23.8. The first-order valence-corrected chi connectivity index (χ1v) is 4.52. The normalized spacial score (nSPS) is 22.2. The third kappa shape index (κ3) is 2.52. The summed E-state index contributed by atoms with van der Waals surface area (Å²) in [5.41, 5.74) is 0. The number of aliphatic hydroxyl groups excluding tert-OH is 1. The molecule has 0 aromatic carbocycles. The van der Waals surface area contributed by atoms with Crippen molar-refractivity contribution < 1.29 is 14.7 Å². The van der Waals surface area contributed by atoms with Gasteiger partial charge in [0.25, 0.3) is 0 Å². The van der Waals surface area contributed by atoms with E-state index in [9.17, 15) is 9.59 Å². The number of β-amino-alcohol motifs (C(OH)–C–C–N with tert-alkyl or cyclic N) is 1. The first-order valence-electron chi connectivity index (χ1n) is 4.52. The smallest absolute Gasteiger partial charge is 0.229 e. The molecule has 1 aliphatic rings. The van der Waals surface area contributed by atoms with E-state index in [0.717, 1.165) is 4.90 Å². The van der Waals surface area contributed by atoms with Crippen LogP contribution >= 0.6 is 0 Å². The molecular weight excluding hydrogens is 170 g/mol. The Labute approximate surface area is 77.5 Å². The highest BCUT2D eigenvalue weighted by atomic mass is 16.3. The molecule has 1 unspecified atom stereocenters. The maximum Gasteiger partial charge on any atom is 0.229 e. The molecule has 0 bridgehead atoms. The van der Waals surface area contributed by atoms with Crippen molar-refractivity contribution in [3.05, 3.63) is 0 Å². The molecule has 0 aliphatic carbocycles. The van der Waals surface area contributed by atoms with E-state index in [1.54, 1.807) is 6.92 Å². The number of hydrogen-bond acceptors (Lipinski definition) is 3. The Kier molecular flexibility index (Phi) is 3.03. The molecule has 4 nitrogen and oxygen atoms in total. The number of piperidine rings is 1. The van der Waals surface area contributed by atoms with Crippen LogP contribution in [-0.4, -0.2) is 34.5 Å². The van der Waals surface area contributed by atoms with Gasteiger partial charge in [-0.3, -0.25) is 14.5 Å². The molecule has 1 N–H and O–H groups in total. The van der Waals surface area contributed by atoms with Crippen molar-refractivity contribution in [2.24, 2.45) is 5.92 Å². The number of aliphatic hydroxyl groups is 1. The van der Waals surface area contributed by atoms with Gasteiger partial charge in [0.1, 0.15) is 0 Å².